The number of rotatable bonds is 4. The van der Waals surface area contributed by atoms with Crippen LogP contribution in [0.4, 0.5) is 0 Å². The molecule has 0 atom stereocenters. The minimum atomic E-state index is 0.0368. The highest BCUT2D eigenvalue weighted by molar-refractivity contribution is 8.01. The zero-order valence-corrected chi connectivity index (χ0v) is 11.4. The third-order valence-electron chi connectivity index (χ3n) is 2.28. The van der Waals surface area contributed by atoms with Crippen molar-refractivity contribution in [2.75, 3.05) is 12.5 Å². The monoisotopic (exact) mass is 254 g/mol. The summed E-state index contributed by atoms with van der Waals surface area (Å²) in [5, 5.41) is 0. The van der Waals surface area contributed by atoms with E-state index >= 15 is 0 Å². The van der Waals surface area contributed by atoms with Crippen LogP contribution in [0.15, 0.2) is 21.9 Å². The first-order valence-electron chi connectivity index (χ1n) is 4.79. The molecule has 1 rings (SSSR count). The van der Waals surface area contributed by atoms with Gasteiger partial charge in [0.1, 0.15) is 0 Å². The van der Waals surface area contributed by atoms with E-state index in [4.69, 9.17) is 0 Å². The minimum absolute atomic E-state index is 0.0368. The zero-order chi connectivity index (χ0) is 12.3. The molecule has 16 heavy (non-hydrogen) atoms. The van der Waals surface area contributed by atoms with Crippen LogP contribution in [0.2, 0.25) is 0 Å². The summed E-state index contributed by atoms with van der Waals surface area (Å²) in [6, 6.07) is 3.48. The molecular weight excluding hydrogens is 240 g/mol. The third-order valence-corrected chi connectivity index (χ3v) is 4.07. The summed E-state index contributed by atoms with van der Waals surface area (Å²) < 4.78 is 0. The molecule has 0 radical (unpaired) electrons. The Balaban J connectivity index is 3.52. The van der Waals surface area contributed by atoms with E-state index in [1.165, 1.54) is 23.5 Å². The first-order chi connectivity index (χ1) is 7.52. The fourth-order valence-corrected chi connectivity index (χ4v) is 3.48. The molecule has 1 aromatic carbocycles. The molecule has 0 saturated heterocycles. The Morgan fingerprint density at radius 2 is 1.19 bits per heavy atom. The normalized spacial score (nSPS) is 10.2. The third kappa shape index (κ3) is 2.50. The van der Waals surface area contributed by atoms with Crippen LogP contribution in [0, 0.1) is 0 Å². The standard InChI is InChI=1S/C12H14O2S2/c1-7(13)9-5-6-10(8(2)14)12(16-4)11(9)15-3/h5-6H,1-4H3. The predicted molar refractivity (Wildman–Crippen MR) is 70.0 cm³/mol. The maximum absolute atomic E-state index is 11.5. The molecule has 4 heteroatoms. The lowest BCUT2D eigenvalue weighted by Gasteiger charge is -2.12. The molecule has 0 bridgehead atoms. The number of ketones is 2. The molecule has 0 aromatic heterocycles. The van der Waals surface area contributed by atoms with Crippen molar-refractivity contribution in [3.63, 3.8) is 0 Å². The van der Waals surface area contributed by atoms with Crippen LogP contribution >= 0.6 is 23.5 Å². The van der Waals surface area contributed by atoms with Crippen LogP contribution in [-0.4, -0.2) is 24.1 Å². The van der Waals surface area contributed by atoms with E-state index in [0.717, 1.165) is 9.79 Å². The van der Waals surface area contributed by atoms with Gasteiger partial charge in [0.2, 0.25) is 0 Å². The van der Waals surface area contributed by atoms with E-state index in [9.17, 15) is 9.59 Å². The molecule has 0 aliphatic carbocycles. The van der Waals surface area contributed by atoms with Gasteiger partial charge in [-0.3, -0.25) is 9.59 Å². The number of hydrogen-bond acceptors (Lipinski definition) is 4. The van der Waals surface area contributed by atoms with Crippen molar-refractivity contribution in [3.8, 4) is 0 Å². The highest BCUT2D eigenvalue weighted by Crippen LogP contribution is 2.34. The van der Waals surface area contributed by atoms with Gasteiger partial charge in [0.15, 0.2) is 11.6 Å². The van der Waals surface area contributed by atoms with Crippen LogP contribution in [0.25, 0.3) is 0 Å². The van der Waals surface area contributed by atoms with Gasteiger partial charge in [-0.05, 0) is 38.5 Å². The van der Waals surface area contributed by atoms with E-state index < -0.39 is 0 Å². The Kier molecular flexibility index (Phi) is 4.62. The molecule has 0 aliphatic rings. The number of Topliss-reactive ketones (excluding diaryl/α,β-unsaturated/α-hetero) is 2. The van der Waals surface area contributed by atoms with Gasteiger partial charge in [-0.1, -0.05) is 0 Å². The van der Waals surface area contributed by atoms with Crippen LogP contribution in [0.5, 0.6) is 0 Å². The maximum Gasteiger partial charge on any atom is 0.160 e. The highest BCUT2D eigenvalue weighted by atomic mass is 32.2. The first-order valence-corrected chi connectivity index (χ1v) is 7.24. The quantitative estimate of drug-likeness (QED) is 0.608. The van der Waals surface area contributed by atoms with Gasteiger partial charge < -0.3 is 0 Å². The molecule has 0 saturated carbocycles. The van der Waals surface area contributed by atoms with Crippen molar-refractivity contribution in [1.29, 1.82) is 0 Å². The van der Waals surface area contributed by atoms with Gasteiger partial charge >= 0.3 is 0 Å². The first kappa shape index (κ1) is 13.3. The fraction of sp³-hybridized carbons (Fsp3) is 0.333. The summed E-state index contributed by atoms with van der Waals surface area (Å²) in [5.41, 5.74) is 1.39. The second kappa shape index (κ2) is 5.55. The number of benzene rings is 1. The molecular formula is C12H14O2S2. The van der Waals surface area contributed by atoms with Gasteiger partial charge in [-0.2, -0.15) is 0 Å². The van der Waals surface area contributed by atoms with Gasteiger partial charge in [0.25, 0.3) is 0 Å². The summed E-state index contributed by atoms with van der Waals surface area (Å²) in [6.45, 7) is 3.10. The van der Waals surface area contributed by atoms with Crippen molar-refractivity contribution in [3.05, 3.63) is 23.3 Å². The molecule has 0 spiro atoms. The Morgan fingerprint density at radius 3 is 1.38 bits per heavy atom. The minimum Gasteiger partial charge on any atom is -0.294 e. The van der Waals surface area contributed by atoms with Crippen LogP contribution in [0.3, 0.4) is 0 Å². The van der Waals surface area contributed by atoms with E-state index in [1.54, 1.807) is 26.0 Å². The van der Waals surface area contributed by atoms with Gasteiger partial charge in [-0.25, -0.2) is 0 Å². The van der Waals surface area contributed by atoms with E-state index in [-0.39, 0.29) is 11.6 Å². The number of thioether (sulfide) groups is 2. The lowest BCUT2D eigenvalue weighted by atomic mass is 10.1. The average Bonchev–Trinajstić information content (AvgIpc) is 2.26. The maximum atomic E-state index is 11.5. The Hall–Kier alpha value is -0.740. The fourth-order valence-electron chi connectivity index (χ4n) is 1.52. The zero-order valence-electron chi connectivity index (χ0n) is 9.79. The van der Waals surface area contributed by atoms with Gasteiger partial charge in [0.05, 0.1) is 0 Å². The van der Waals surface area contributed by atoms with E-state index in [1.807, 2.05) is 12.5 Å². The largest absolute Gasteiger partial charge is 0.294 e. The molecule has 86 valence electrons. The Labute approximate surface area is 104 Å². The van der Waals surface area contributed by atoms with Crippen LogP contribution in [0.1, 0.15) is 34.6 Å². The van der Waals surface area contributed by atoms with Crippen LogP contribution < -0.4 is 0 Å². The second-order valence-electron chi connectivity index (χ2n) is 3.34. The second-order valence-corrected chi connectivity index (χ2v) is 4.97. The summed E-state index contributed by atoms with van der Waals surface area (Å²) in [6.07, 6.45) is 3.84. The molecule has 0 heterocycles. The molecule has 2 nitrogen and oxygen atoms in total. The molecule has 0 aliphatic heterocycles. The van der Waals surface area contributed by atoms with Crippen molar-refractivity contribution >= 4 is 35.1 Å². The lowest BCUT2D eigenvalue weighted by molar-refractivity contribution is 0.0996. The summed E-state index contributed by atoms with van der Waals surface area (Å²) in [7, 11) is 0. The van der Waals surface area contributed by atoms with Crippen molar-refractivity contribution in [2.45, 2.75) is 23.6 Å². The van der Waals surface area contributed by atoms with E-state index in [0.29, 0.717) is 11.1 Å². The van der Waals surface area contributed by atoms with Crippen molar-refractivity contribution in [2.24, 2.45) is 0 Å². The Bertz CT molecular complexity index is 398. The lowest BCUT2D eigenvalue weighted by Crippen LogP contribution is -2.02. The topological polar surface area (TPSA) is 34.1 Å². The summed E-state index contributed by atoms with van der Waals surface area (Å²) in [4.78, 5) is 24.8. The summed E-state index contributed by atoms with van der Waals surface area (Å²) >= 11 is 3.03. The summed E-state index contributed by atoms with van der Waals surface area (Å²) in [5.74, 6) is 0.0736. The van der Waals surface area contributed by atoms with Crippen LogP contribution in [-0.2, 0) is 0 Å². The highest BCUT2D eigenvalue weighted by Gasteiger charge is 2.16. The SMILES string of the molecule is CSc1c(C(C)=O)ccc(C(C)=O)c1SC. The molecule has 0 amide bonds. The van der Waals surface area contributed by atoms with Gasteiger partial charge in [0, 0.05) is 20.9 Å². The Morgan fingerprint density at radius 1 is 0.875 bits per heavy atom. The van der Waals surface area contributed by atoms with Gasteiger partial charge in [-0.15, -0.1) is 23.5 Å². The molecule has 0 unspecified atom stereocenters. The number of hydrogen-bond donors (Lipinski definition) is 0. The predicted octanol–water partition coefficient (Wildman–Crippen LogP) is 3.54. The number of carbonyl (C=O) groups is 2. The van der Waals surface area contributed by atoms with Crippen molar-refractivity contribution < 1.29 is 9.59 Å². The van der Waals surface area contributed by atoms with Crippen molar-refractivity contribution in [1.82, 2.24) is 0 Å². The molecule has 1 aromatic rings. The molecule has 0 N–H and O–H groups in total. The molecule has 0 fully saturated rings. The number of carbonyl (C=O) groups excluding carboxylic acids is 2. The van der Waals surface area contributed by atoms with E-state index in [2.05, 4.69) is 0 Å². The smallest absolute Gasteiger partial charge is 0.160 e. The average molecular weight is 254 g/mol.